The Morgan fingerprint density at radius 1 is 1.26 bits per heavy atom. The fourth-order valence-electron chi connectivity index (χ4n) is 2.24. The summed E-state index contributed by atoms with van der Waals surface area (Å²) in [5.41, 5.74) is 1.19. The Hall–Kier alpha value is -3.04. The van der Waals surface area contributed by atoms with Crippen molar-refractivity contribution in [1.29, 1.82) is 0 Å². The Bertz CT molecular complexity index is 956. The fraction of sp³-hybridized carbons (Fsp3) is 0.0588. The van der Waals surface area contributed by atoms with Crippen molar-refractivity contribution in [2.75, 3.05) is 0 Å². The number of allylic oxidation sites excluding steroid dienone is 1. The Balaban J connectivity index is 2.09. The number of aliphatic hydroxyl groups is 1. The lowest BCUT2D eigenvalue weighted by Gasteiger charge is -2.13. The van der Waals surface area contributed by atoms with Crippen molar-refractivity contribution in [3.8, 4) is 12.3 Å². The first kappa shape index (κ1) is 14.9. The molecule has 3 aromatic rings. The van der Waals surface area contributed by atoms with Crippen molar-refractivity contribution in [3.05, 3.63) is 71.7 Å². The summed E-state index contributed by atoms with van der Waals surface area (Å²) in [6.07, 6.45) is 5.59. The zero-order valence-corrected chi connectivity index (χ0v) is 11.9. The Morgan fingerprint density at radius 3 is 2.74 bits per heavy atom. The molecular weight excluding hydrogens is 300 g/mol. The predicted molar refractivity (Wildman–Crippen MR) is 81.3 cm³/mol. The maximum atomic E-state index is 13.8. The van der Waals surface area contributed by atoms with Gasteiger partial charge in [-0.3, -0.25) is 4.40 Å². The largest absolute Gasteiger partial charge is 0.383 e. The van der Waals surface area contributed by atoms with Crippen LogP contribution >= 0.6 is 0 Å². The molecule has 0 saturated heterocycles. The third-order valence-electron chi connectivity index (χ3n) is 3.44. The normalized spacial score (nSPS) is 12.1. The average Bonchev–Trinajstić information content (AvgIpc) is 2.96. The number of terminal acetylenes is 1. The van der Waals surface area contributed by atoms with Crippen molar-refractivity contribution in [2.45, 2.75) is 6.10 Å². The summed E-state index contributed by atoms with van der Waals surface area (Å²) >= 11 is 0. The number of aliphatic hydroxyl groups excluding tert-OH is 1. The fourth-order valence-corrected chi connectivity index (χ4v) is 2.24. The van der Waals surface area contributed by atoms with E-state index in [4.69, 9.17) is 6.42 Å². The Kier molecular flexibility index (Phi) is 3.64. The van der Waals surface area contributed by atoms with Gasteiger partial charge in [-0.1, -0.05) is 24.6 Å². The van der Waals surface area contributed by atoms with Crippen LogP contribution in [0.3, 0.4) is 0 Å². The molecule has 1 unspecified atom stereocenters. The van der Waals surface area contributed by atoms with E-state index in [1.165, 1.54) is 6.07 Å². The van der Waals surface area contributed by atoms with Crippen LogP contribution in [0.4, 0.5) is 8.78 Å². The summed E-state index contributed by atoms with van der Waals surface area (Å²) in [6.45, 7) is 3.70. The van der Waals surface area contributed by atoms with Crippen LogP contribution in [-0.4, -0.2) is 19.7 Å². The van der Waals surface area contributed by atoms with Crippen molar-refractivity contribution >= 4 is 11.2 Å². The molecule has 114 valence electrons. The van der Waals surface area contributed by atoms with Crippen LogP contribution in [0, 0.1) is 24.0 Å². The third-order valence-corrected chi connectivity index (χ3v) is 3.44. The summed E-state index contributed by atoms with van der Waals surface area (Å²) in [4.78, 5) is 0. The van der Waals surface area contributed by atoms with Gasteiger partial charge in [-0.25, -0.2) is 8.78 Å². The van der Waals surface area contributed by atoms with E-state index in [0.29, 0.717) is 22.6 Å². The van der Waals surface area contributed by atoms with Gasteiger partial charge >= 0.3 is 0 Å². The van der Waals surface area contributed by atoms with E-state index in [9.17, 15) is 13.9 Å². The first-order valence-electron chi connectivity index (χ1n) is 6.65. The third kappa shape index (κ3) is 2.58. The second-order valence-corrected chi connectivity index (χ2v) is 4.91. The molecule has 0 saturated carbocycles. The highest BCUT2D eigenvalue weighted by Gasteiger charge is 2.17. The van der Waals surface area contributed by atoms with Gasteiger partial charge in [0.15, 0.2) is 11.5 Å². The number of aromatic nitrogens is 3. The molecule has 0 aliphatic rings. The van der Waals surface area contributed by atoms with Crippen molar-refractivity contribution in [2.24, 2.45) is 0 Å². The highest BCUT2D eigenvalue weighted by Crippen LogP contribution is 2.25. The van der Waals surface area contributed by atoms with E-state index in [-0.39, 0.29) is 5.56 Å². The van der Waals surface area contributed by atoms with E-state index < -0.39 is 17.7 Å². The van der Waals surface area contributed by atoms with Crippen LogP contribution in [0.2, 0.25) is 0 Å². The molecule has 1 aromatic carbocycles. The summed E-state index contributed by atoms with van der Waals surface area (Å²) < 4.78 is 28.4. The molecule has 0 radical (unpaired) electrons. The van der Waals surface area contributed by atoms with Crippen LogP contribution in [0.1, 0.15) is 23.1 Å². The number of halogens is 2. The quantitative estimate of drug-likeness (QED) is 0.757. The zero-order valence-electron chi connectivity index (χ0n) is 11.9. The predicted octanol–water partition coefficient (Wildman–Crippen LogP) is 2.74. The topological polar surface area (TPSA) is 50.4 Å². The van der Waals surface area contributed by atoms with Gasteiger partial charge in [0.1, 0.15) is 17.7 Å². The molecule has 2 heterocycles. The molecule has 0 spiro atoms. The molecule has 0 amide bonds. The molecule has 4 nitrogen and oxygen atoms in total. The van der Waals surface area contributed by atoms with Crippen LogP contribution in [0.5, 0.6) is 0 Å². The lowest BCUT2D eigenvalue weighted by Crippen LogP contribution is -2.05. The van der Waals surface area contributed by atoms with Crippen LogP contribution in [-0.2, 0) is 0 Å². The Labute approximate surface area is 130 Å². The molecular formula is C17H11F2N3O. The van der Waals surface area contributed by atoms with Crippen molar-refractivity contribution in [1.82, 2.24) is 14.6 Å². The van der Waals surface area contributed by atoms with E-state index in [0.717, 1.165) is 12.1 Å². The van der Waals surface area contributed by atoms with E-state index >= 15 is 0 Å². The van der Waals surface area contributed by atoms with Gasteiger partial charge in [0.2, 0.25) is 0 Å². The second kappa shape index (κ2) is 5.63. The molecule has 6 heteroatoms. The zero-order chi connectivity index (χ0) is 16.6. The van der Waals surface area contributed by atoms with E-state index in [1.54, 1.807) is 22.7 Å². The highest BCUT2D eigenvalue weighted by atomic mass is 19.1. The van der Waals surface area contributed by atoms with Gasteiger partial charge in [0.05, 0.1) is 5.57 Å². The van der Waals surface area contributed by atoms with Crippen molar-refractivity contribution in [3.63, 3.8) is 0 Å². The number of nitrogens with zero attached hydrogens (tertiary/aromatic N) is 3. The molecule has 0 bridgehead atoms. The molecule has 0 aliphatic carbocycles. The number of rotatable bonds is 3. The maximum Gasteiger partial charge on any atom is 0.176 e. The van der Waals surface area contributed by atoms with Gasteiger partial charge in [-0.2, -0.15) is 0 Å². The smallest absolute Gasteiger partial charge is 0.176 e. The minimum Gasteiger partial charge on any atom is -0.383 e. The maximum absolute atomic E-state index is 13.8. The molecule has 1 N–H and O–H groups in total. The average molecular weight is 311 g/mol. The number of pyridine rings is 1. The van der Waals surface area contributed by atoms with Gasteiger partial charge in [0, 0.05) is 23.4 Å². The molecule has 23 heavy (non-hydrogen) atoms. The first-order valence-corrected chi connectivity index (χ1v) is 6.65. The van der Waals surface area contributed by atoms with Gasteiger partial charge in [0.25, 0.3) is 0 Å². The molecule has 0 fully saturated rings. The van der Waals surface area contributed by atoms with Crippen LogP contribution in [0.15, 0.2) is 43.1 Å². The summed E-state index contributed by atoms with van der Waals surface area (Å²) in [5.74, 6) is 1.20. The lowest BCUT2D eigenvalue weighted by atomic mass is 10.0. The monoisotopic (exact) mass is 311 g/mol. The second-order valence-electron chi connectivity index (χ2n) is 4.91. The Morgan fingerprint density at radius 2 is 2.04 bits per heavy atom. The summed E-state index contributed by atoms with van der Waals surface area (Å²) in [7, 11) is 0. The number of fused-ring (bicyclic) bond motifs is 1. The van der Waals surface area contributed by atoms with Gasteiger partial charge < -0.3 is 5.11 Å². The SMILES string of the molecule is C#CC(=C)c1nnc2ccc(C(O)c3ccc(F)cc3F)cn12. The number of benzene rings is 1. The minimum atomic E-state index is -1.27. The molecule has 1 atom stereocenters. The molecule has 0 aliphatic heterocycles. The van der Waals surface area contributed by atoms with Gasteiger partial charge in [-0.05, 0) is 12.1 Å². The van der Waals surface area contributed by atoms with Crippen LogP contribution in [0.25, 0.3) is 11.2 Å². The summed E-state index contributed by atoms with van der Waals surface area (Å²) in [5, 5.41) is 18.2. The highest BCUT2D eigenvalue weighted by molar-refractivity contribution is 5.73. The standard InChI is InChI=1S/C17H11F2N3O/c1-3-10(2)17-21-20-15-7-4-11(9-22(15)17)16(23)13-6-5-12(18)8-14(13)19/h1,4-9,16,23H,2H2. The van der Waals surface area contributed by atoms with E-state index in [1.807, 2.05) is 0 Å². The molecule has 2 aromatic heterocycles. The molecule has 3 rings (SSSR count). The number of hydrogen-bond acceptors (Lipinski definition) is 3. The minimum absolute atomic E-state index is 0.0313. The first-order chi connectivity index (χ1) is 11.0. The van der Waals surface area contributed by atoms with E-state index in [2.05, 4.69) is 22.7 Å². The van der Waals surface area contributed by atoms with Gasteiger partial charge in [-0.15, -0.1) is 16.6 Å². The van der Waals surface area contributed by atoms with Crippen LogP contribution < -0.4 is 0 Å². The summed E-state index contributed by atoms with van der Waals surface area (Å²) in [6, 6.07) is 6.21. The van der Waals surface area contributed by atoms with Crippen molar-refractivity contribution < 1.29 is 13.9 Å². The lowest BCUT2D eigenvalue weighted by molar-refractivity contribution is 0.214. The number of hydrogen-bond donors (Lipinski definition) is 1.